The van der Waals surface area contributed by atoms with E-state index in [0.717, 1.165) is 46.4 Å². The number of pyridine rings is 1. The minimum atomic E-state index is 0.903. The predicted octanol–water partition coefficient (Wildman–Crippen LogP) is 3.56. The van der Waals surface area contributed by atoms with Crippen LogP contribution in [-0.2, 0) is 13.0 Å². The summed E-state index contributed by atoms with van der Waals surface area (Å²) in [6.07, 6.45) is 0.993. The number of fused-ring (bicyclic) bond motifs is 2. The van der Waals surface area contributed by atoms with Crippen LogP contribution < -0.4 is 15.6 Å². The maximum absolute atomic E-state index is 6.43. The molecular formula is C18H17BrN3+. The molecular weight excluding hydrogens is 338 g/mol. The maximum Gasteiger partial charge on any atom is 0.280 e. The van der Waals surface area contributed by atoms with Crippen molar-refractivity contribution in [1.29, 1.82) is 0 Å². The minimum Gasteiger partial charge on any atom is -0.398 e. The van der Waals surface area contributed by atoms with Crippen LogP contribution in [-0.4, -0.2) is 6.54 Å². The van der Waals surface area contributed by atoms with Crippen molar-refractivity contribution in [3.8, 4) is 0 Å². The molecule has 3 N–H and O–H groups in total. The number of hydrogen-bond acceptors (Lipinski definition) is 2. The monoisotopic (exact) mass is 354 g/mol. The van der Waals surface area contributed by atoms with Crippen LogP contribution in [0.3, 0.4) is 0 Å². The van der Waals surface area contributed by atoms with Crippen molar-refractivity contribution in [2.24, 2.45) is 0 Å². The van der Waals surface area contributed by atoms with E-state index in [2.05, 4.69) is 68.3 Å². The molecule has 2 heterocycles. The van der Waals surface area contributed by atoms with E-state index in [-0.39, 0.29) is 0 Å². The molecule has 0 aliphatic carbocycles. The van der Waals surface area contributed by atoms with Gasteiger partial charge in [-0.2, -0.15) is 0 Å². The van der Waals surface area contributed by atoms with Gasteiger partial charge in [-0.3, -0.25) is 4.90 Å². The molecule has 110 valence electrons. The molecule has 0 atom stereocenters. The zero-order valence-corrected chi connectivity index (χ0v) is 13.7. The highest BCUT2D eigenvalue weighted by atomic mass is 79.9. The first-order valence-electron chi connectivity index (χ1n) is 7.44. The van der Waals surface area contributed by atoms with E-state index < -0.39 is 0 Å². The van der Waals surface area contributed by atoms with Crippen LogP contribution in [0, 0.1) is 0 Å². The van der Waals surface area contributed by atoms with E-state index in [9.17, 15) is 0 Å². The summed E-state index contributed by atoms with van der Waals surface area (Å²) < 4.78 is 1.05. The third-order valence-corrected chi connectivity index (χ3v) is 4.79. The quantitative estimate of drug-likeness (QED) is 0.764. The Balaban J connectivity index is 1.78. The SMILES string of the molecule is Nc1c2c([nH+]c3ccc(Br)cc13)N(Cc1ccccc1)CC2. The van der Waals surface area contributed by atoms with Crippen molar-refractivity contribution in [3.63, 3.8) is 0 Å². The predicted molar refractivity (Wildman–Crippen MR) is 93.8 cm³/mol. The van der Waals surface area contributed by atoms with Gasteiger partial charge in [0, 0.05) is 16.3 Å². The van der Waals surface area contributed by atoms with Gasteiger partial charge in [0.25, 0.3) is 5.82 Å². The van der Waals surface area contributed by atoms with Crippen molar-refractivity contribution in [2.45, 2.75) is 13.0 Å². The van der Waals surface area contributed by atoms with E-state index in [0.29, 0.717) is 0 Å². The Bertz CT molecular complexity index is 846. The highest BCUT2D eigenvalue weighted by Crippen LogP contribution is 2.34. The minimum absolute atomic E-state index is 0.903. The van der Waals surface area contributed by atoms with Gasteiger partial charge >= 0.3 is 0 Å². The fourth-order valence-electron chi connectivity index (χ4n) is 3.18. The van der Waals surface area contributed by atoms with Gasteiger partial charge in [-0.25, -0.2) is 4.98 Å². The standard InChI is InChI=1S/C18H16BrN3/c19-13-6-7-16-15(10-13)17(20)14-8-9-22(18(14)21-16)11-12-4-2-1-3-5-12/h1-7,10H,8-9,11H2,(H2,20,21)/p+1. The Morgan fingerprint density at radius 3 is 2.77 bits per heavy atom. The first-order chi connectivity index (χ1) is 10.7. The fraction of sp³-hybridized carbons (Fsp3) is 0.167. The van der Waals surface area contributed by atoms with E-state index in [1.54, 1.807) is 0 Å². The topological polar surface area (TPSA) is 43.4 Å². The number of aromatic nitrogens is 1. The Labute approximate surface area is 137 Å². The lowest BCUT2D eigenvalue weighted by Crippen LogP contribution is -2.26. The van der Waals surface area contributed by atoms with Gasteiger partial charge in [-0.1, -0.05) is 46.3 Å². The summed E-state index contributed by atoms with van der Waals surface area (Å²) in [5.74, 6) is 1.16. The summed E-state index contributed by atoms with van der Waals surface area (Å²) in [4.78, 5) is 5.95. The summed E-state index contributed by atoms with van der Waals surface area (Å²) >= 11 is 3.52. The first-order valence-corrected chi connectivity index (χ1v) is 8.23. The Kier molecular flexibility index (Phi) is 3.26. The molecule has 4 heteroatoms. The number of aromatic amines is 1. The largest absolute Gasteiger partial charge is 0.398 e. The lowest BCUT2D eigenvalue weighted by molar-refractivity contribution is -0.330. The van der Waals surface area contributed by atoms with Gasteiger partial charge in [-0.05, 0) is 23.8 Å². The van der Waals surface area contributed by atoms with E-state index >= 15 is 0 Å². The van der Waals surface area contributed by atoms with Crippen molar-refractivity contribution < 1.29 is 4.98 Å². The van der Waals surface area contributed by atoms with Crippen LogP contribution in [0.25, 0.3) is 10.9 Å². The second kappa shape index (κ2) is 5.29. The number of nitrogens with two attached hydrogens (primary N) is 1. The van der Waals surface area contributed by atoms with Crippen molar-refractivity contribution in [3.05, 3.63) is 64.1 Å². The molecule has 0 radical (unpaired) electrons. The van der Waals surface area contributed by atoms with E-state index in [1.807, 2.05) is 6.07 Å². The second-order valence-electron chi connectivity index (χ2n) is 5.71. The third kappa shape index (κ3) is 2.24. The number of hydrogen-bond donors (Lipinski definition) is 1. The molecule has 0 spiro atoms. The molecule has 0 bridgehead atoms. The Morgan fingerprint density at radius 2 is 1.95 bits per heavy atom. The third-order valence-electron chi connectivity index (χ3n) is 4.30. The first kappa shape index (κ1) is 13.6. The van der Waals surface area contributed by atoms with Crippen LogP contribution in [0.2, 0.25) is 0 Å². The number of halogens is 1. The summed E-state index contributed by atoms with van der Waals surface area (Å²) in [5.41, 5.74) is 11.0. The Hall–Kier alpha value is -2.07. The van der Waals surface area contributed by atoms with Crippen LogP contribution in [0.15, 0.2) is 53.0 Å². The zero-order valence-electron chi connectivity index (χ0n) is 12.1. The molecule has 1 aliphatic rings. The van der Waals surface area contributed by atoms with E-state index in [1.165, 1.54) is 11.1 Å². The van der Waals surface area contributed by atoms with Crippen LogP contribution in [0.4, 0.5) is 11.5 Å². The maximum atomic E-state index is 6.43. The average Bonchev–Trinajstić information content (AvgIpc) is 2.93. The van der Waals surface area contributed by atoms with Crippen molar-refractivity contribution in [2.75, 3.05) is 17.2 Å². The molecule has 0 amide bonds. The zero-order chi connectivity index (χ0) is 15.1. The number of nitrogens with one attached hydrogen (secondary N) is 1. The van der Waals surface area contributed by atoms with E-state index in [4.69, 9.17) is 5.73 Å². The highest BCUT2D eigenvalue weighted by molar-refractivity contribution is 9.10. The summed E-state index contributed by atoms with van der Waals surface area (Å²) in [6.45, 7) is 1.91. The number of nitrogens with zero attached hydrogens (tertiary/aromatic N) is 1. The molecule has 0 saturated carbocycles. The molecule has 0 fully saturated rings. The molecule has 3 aromatic rings. The van der Waals surface area contributed by atoms with Gasteiger partial charge in [0.1, 0.15) is 12.1 Å². The number of rotatable bonds is 2. The normalized spacial score (nSPS) is 13.6. The Morgan fingerprint density at radius 1 is 1.14 bits per heavy atom. The van der Waals surface area contributed by atoms with Gasteiger partial charge in [0.05, 0.1) is 17.8 Å². The van der Waals surface area contributed by atoms with Crippen LogP contribution in [0.5, 0.6) is 0 Å². The molecule has 0 saturated heterocycles. The second-order valence-corrected chi connectivity index (χ2v) is 6.63. The molecule has 2 aromatic carbocycles. The number of anilines is 2. The van der Waals surface area contributed by atoms with Gasteiger partial charge in [-0.15, -0.1) is 0 Å². The van der Waals surface area contributed by atoms with Gasteiger partial charge in [0.15, 0.2) is 0 Å². The van der Waals surface area contributed by atoms with Crippen molar-refractivity contribution in [1.82, 2.24) is 0 Å². The number of nitrogen functional groups attached to an aromatic ring is 1. The van der Waals surface area contributed by atoms with Gasteiger partial charge < -0.3 is 5.73 Å². The van der Waals surface area contributed by atoms with Crippen molar-refractivity contribution >= 4 is 38.3 Å². The lowest BCUT2D eigenvalue weighted by atomic mass is 10.1. The summed E-state index contributed by atoms with van der Waals surface area (Å²) in [6, 6.07) is 16.8. The summed E-state index contributed by atoms with van der Waals surface area (Å²) in [5, 5.41) is 1.09. The molecule has 4 rings (SSSR count). The molecule has 3 nitrogen and oxygen atoms in total. The number of H-pyrrole nitrogens is 1. The lowest BCUT2D eigenvalue weighted by Gasteiger charge is -2.12. The van der Waals surface area contributed by atoms with Gasteiger partial charge in [0.2, 0.25) is 0 Å². The average molecular weight is 355 g/mol. The highest BCUT2D eigenvalue weighted by Gasteiger charge is 2.31. The summed E-state index contributed by atoms with van der Waals surface area (Å²) in [7, 11) is 0. The molecule has 22 heavy (non-hydrogen) atoms. The molecule has 1 aliphatic heterocycles. The van der Waals surface area contributed by atoms with Crippen LogP contribution in [0.1, 0.15) is 11.1 Å². The number of benzene rings is 2. The molecule has 0 unspecified atom stereocenters. The fourth-order valence-corrected chi connectivity index (χ4v) is 3.55. The smallest absolute Gasteiger partial charge is 0.280 e. The van der Waals surface area contributed by atoms with Crippen LogP contribution >= 0.6 is 15.9 Å². The molecule has 1 aromatic heterocycles.